The molecule has 6 nitrogen and oxygen atoms in total. The zero-order valence-corrected chi connectivity index (χ0v) is 16.2. The van der Waals surface area contributed by atoms with Crippen molar-refractivity contribution in [2.24, 2.45) is 5.92 Å². The number of urea groups is 1. The van der Waals surface area contributed by atoms with Crippen molar-refractivity contribution in [3.63, 3.8) is 0 Å². The molecule has 0 radical (unpaired) electrons. The molecule has 142 valence electrons. The van der Waals surface area contributed by atoms with Gasteiger partial charge in [0, 0.05) is 35.4 Å². The minimum absolute atomic E-state index is 0.258. The number of hydrogen-bond acceptors (Lipinski definition) is 5. The molecule has 0 bridgehead atoms. The fourth-order valence-corrected chi connectivity index (χ4v) is 3.42. The Bertz CT molecular complexity index is 949. The van der Waals surface area contributed by atoms with E-state index in [-0.39, 0.29) is 6.03 Å². The third-order valence-corrected chi connectivity index (χ3v) is 4.82. The van der Waals surface area contributed by atoms with Crippen LogP contribution in [0.3, 0.4) is 0 Å². The van der Waals surface area contributed by atoms with Crippen LogP contribution in [0.5, 0.6) is 11.6 Å². The largest absolute Gasteiger partial charge is 0.439 e. The molecule has 0 saturated carbocycles. The van der Waals surface area contributed by atoms with Crippen molar-refractivity contribution in [2.45, 2.75) is 13.3 Å². The molecule has 3 aromatic rings. The first-order chi connectivity index (χ1) is 13.6. The lowest BCUT2D eigenvalue weighted by molar-refractivity contribution is 0.250. The van der Waals surface area contributed by atoms with E-state index in [1.165, 1.54) is 11.1 Å². The molecule has 0 aliphatic carbocycles. The third kappa shape index (κ3) is 5.83. The number of pyridine rings is 1. The third-order valence-electron chi connectivity index (χ3n) is 3.92. The van der Waals surface area contributed by atoms with Gasteiger partial charge >= 0.3 is 6.03 Å². The second-order valence-electron chi connectivity index (χ2n) is 6.35. The standard InChI is InChI=1S/C21H20N4O2S/c1-15(10-19-6-3-9-28-19)13-24-21(26)25-17-4-2-5-18(11-17)27-20-8-7-16(12-22)14-23-20/h2-9,11,14-15H,10,13H2,1H3,(H2,24,25,26). The number of thiophene rings is 1. The molecule has 0 fully saturated rings. The van der Waals surface area contributed by atoms with Crippen molar-refractivity contribution in [1.29, 1.82) is 5.26 Å². The minimum atomic E-state index is -0.258. The molecular formula is C21H20N4O2S. The number of hydrogen-bond donors (Lipinski definition) is 2. The zero-order valence-electron chi connectivity index (χ0n) is 15.4. The summed E-state index contributed by atoms with van der Waals surface area (Å²) < 4.78 is 5.67. The Kier molecular flexibility index (Phi) is 6.60. The Morgan fingerprint density at radius 3 is 2.89 bits per heavy atom. The molecule has 0 aliphatic rings. The molecule has 1 atom stereocenters. The lowest BCUT2D eigenvalue weighted by Crippen LogP contribution is -2.32. The maximum absolute atomic E-state index is 12.2. The highest BCUT2D eigenvalue weighted by atomic mass is 32.1. The smallest absolute Gasteiger partial charge is 0.319 e. The first-order valence-electron chi connectivity index (χ1n) is 8.83. The second-order valence-corrected chi connectivity index (χ2v) is 7.38. The van der Waals surface area contributed by atoms with E-state index in [1.54, 1.807) is 47.7 Å². The van der Waals surface area contributed by atoms with Gasteiger partial charge in [-0.15, -0.1) is 11.3 Å². The van der Waals surface area contributed by atoms with Crippen molar-refractivity contribution >= 4 is 23.1 Å². The summed E-state index contributed by atoms with van der Waals surface area (Å²) in [5.74, 6) is 1.27. The number of anilines is 1. The number of rotatable bonds is 7. The van der Waals surface area contributed by atoms with Gasteiger partial charge in [0.1, 0.15) is 11.8 Å². The van der Waals surface area contributed by atoms with E-state index >= 15 is 0 Å². The fourth-order valence-electron chi connectivity index (χ4n) is 2.55. The van der Waals surface area contributed by atoms with E-state index in [2.05, 4.69) is 34.0 Å². The number of benzene rings is 1. The first-order valence-corrected chi connectivity index (χ1v) is 9.71. The number of nitrogens with zero attached hydrogens (tertiary/aromatic N) is 2. The van der Waals surface area contributed by atoms with E-state index in [0.717, 1.165) is 6.42 Å². The molecule has 2 aromatic heterocycles. The Labute approximate surface area is 167 Å². The highest BCUT2D eigenvalue weighted by Crippen LogP contribution is 2.22. The average molecular weight is 392 g/mol. The lowest BCUT2D eigenvalue weighted by Gasteiger charge is -2.13. The van der Waals surface area contributed by atoms with Crippen LogP contribution in [-0.4, -0.2) is 17.6 Å². The molecule has 0 aliphatic heterocycles. The summed E-state index contributed by atoms with van der Waals surface area (Å²) >= 11 is 1.73. The van der Waals surface area contributed by atoms with Crippen LogP contribution in [0.25, 0.3) is 0 Å². The molecule has 2 amide bonds. The number of ether oxygens (including phenoxy) is 1. The molecular weight excluding hydrogens is 372 g/mol. The van der Waals surface area contributed by atoms with Crippen LogP contribution in [0, 0.1) is 17.2 Å². The highest BCUT2D eigenvalue weighted by Gasteiger charge is 2.08. The van der Waals surface area contributed by atoms with Crippen LogP contribution in [0.4, 0.5) is 10.5 Å². The van der Waals surface area contributed by atoms with Crippen molar-refractivity contribution in [1.82, 2.24) is 10.3 Å². The highest BCUT2D eigenvalue weighted by molar-refractivity contribution is 7.09. The average Bonchev–Trinajstić information content (AvgIpc) is 3.20. The summed E-state index contributed by atoms with van der Waals surface area (Å²) in [5, 5.41) is 16.6. The van der Waals surface area contributed by atoms with E-state index in [4.69, 9.17) is 10.00 Å². The molecule has 3 rings (SSSR count). The number of aromatic nitrogens is 1. The summed E-state index contributed by atoms with van der Waals surface area (Å²) in [7, 11) is 0. The van der Waals surface area contributed by atoms with Gasteiger partial charge in [-0.3, -0.25) is 0 Å². The summed E-state index contributed by atoms with van der Waals surface area (Å²) in [5.41, 5.74) is 1.09. The van der Waals surface area contributed by atoms with Crippen LogP contribution in [-0.2, 0) is 6.42 Å². The molecule has 2 N–H and O–H groups in total. The van der Waals surface area contributed by atoms with E-state index in [1.807, 2.05) is 12.1 Å². The van der Waals surface area contributed by atoms with Gasteiger partial charge in [0.15, 0.2) is 0 Å². The molecule has 2 heterocycles. The van der Waals surface area contributed by atoms with E-state index in [9.17, 15) is 4.79 Å². The predicted octanol–water partition coefficient (Wildman–Crippen LogP) is 4.81. The normalized spacial score (nSPS) is 11.3. The number of carbonyl (C=O) groups is 1. The summed E-state index contributed by atoms with van der Waals surface area (Å²) in [4.78, 5) is 17.5. The van der Waals surface area contributed by atoms with Crippen molar-refractivity contribution in [2.75, 3.05) is 11.9 Å². The van der Waals surface area contributed by atoms with Crippen LogP contribution >= 0.6 is 11.3 Å². The van der Waals surface area contributed by atoms with Crippen LogP contribution in [0.1, 0.15) is 17.4 Å². The monoisotopic (exact) mass is 392 g/mol. The van der Waals surface area contributed by atoms with Crippen molar-refractivity contribution in [3.05, 3.63) is 70.5 Å². The molecule has 7 heteroatoms. The Morgan fingerprint density at radius 2 is 2.18 bits per heavy atom. The summed E-state index contributed by atoms with van der Waals surface area (Å²) in [6, 6.07) is 16.2. The maximum Gasteiger partial charge on any atom is 0.319 e. The van der Waals surface area contributed by atoms with E-state index in [0.29, 0.717) is 35.3 Å². The lowest BCUT2D eigenvalue weighted by atomic mass is 10.1. The van der Waals surface area contributed by atoms with Crippen LogP contribution in [0.15, 0.2) is 60.1 Å². The van der Waals surface area contributed by atoms with Gasteiger partial charge in [-0.1, -0.05) is 19.1 Å². The SMILES string of the molecule is CC(CNC(=O)Nc1cccc(Oc2ccc(C#N)cn2)c1)Cc1cccs1. The van der Waals surface area contributed by atoms with Gasteiger partial charge in [0.05, 0.1) is 5.56 Å². The maximum atomic E-state index is 12.2. The fraction of sp³-hybridized carbons (Fsp3) is 0.190. The Morgan fingerprint density at radius 1 is 1.29 bits per heavy atom. The zero-order chi connectivity index (χ0) is 19.8. The quantitative estimate of drug-likeness (QED) is 0.604. The van der Waals surface area contributed by atoms with Crippen LogP contribution in [0.2, 0.25) is 0 Å². The van der Waals surface area contributed by atoms with Crippen LogP contribution < -0.4 is 15.4 Å². The van der Waals surface area contributed by atoms with Gasteiger partial charge in [-0.25, -0.2) is 9.78 Å². The molecule has 1 aromatic carbocycles. The minimum Gasteiger partial charge on any atom is -0.439 e. The Balaban J connectivity index is 1.50. The van der Waals surface area contributed by atoms with Gasteiger partial charge in [0.25, 0.3) is 0 Å². The number of nitriles is 1. The summed E-state index contributed by atoms with van der Waals surface area (Å²) in [6.45, 7) is 2.70. The second kappa shape index (κ2) is 9.53. The number of nitrogens with one attached hydrogen (secondary N) is 2. The number of carbonyl (C=O) groups excluding carboxylic acids is 1. The van der Waals surface area contributed by atoms with E-state index < -0.39 is 0 Å². The van der Waals surface area contributed by atoms with Gasteiger partial charge < -0.3 is 15.4 Å². The first kappa shape index (κ1) is 19.4. The Hall–Kier alpha value is -3.37. The molecule has 0 saturated heterocycles. The molecule has 28 heavy (non-hydrogen) atoms. The van der Waals surface area contributed by atoms with Gasteiger partial charge in [-0.2, -0.15) is 5.26 Å². The van der Waals surface area contributed by atoms with Crippen molar-refractivity contribution < 1.29 is 9.53 Å². The topological polar surface area (TPSA) is 87.0 Å². The van der Waals surface area contributed by atoms with Gasteiger partial charge in [-0.05, 0) is 42.0 Å². The van der Waals surface area contributed by atoms with Crippen molar-refractivity contribution in [3.8, 4) is 17.7 Å². The summed E-state index contributed by atoms with van der Waals surface area (Å²) in [6.07, 6.45) is 2.39. The van der Waals surface area contributed by atoms with Gasteiger partial charge in [0.2, 0.25) is 5.88 Å². The molecule has 0 spiro atoms. The molecule has 1 unspecified atom stereocenters. The number of amides is 2. The predicted molar refractivity (Wildman–Crippen MR) is 110 cm³/mol.